The highest BCUT2D eigenvalue weighted by Crippen LogP contribution is 2.34. The van der Waals surface area contributed by atoms with Crippen LogP contribution in [0.1, 0.15) is 194 Å². The largest absolute Gasteiger partial charge is 0.481 e. The van der Waals surface area contributed by atoms with Gasteiger partial charge in [-0.15, -0.1) is 0 Å². The minimum atomic E-state index is -1.77. The molecule has 12 amide bonds. The molecule has 0 aromatic heterocycles. The monoisotopic (exact) mass is 1640 g/mol. The summed E-state index contributed by atoms with van der Waals surface area (Å²) in [6.45, 7) is 13.2. The highest BCUT2D eigenvalue weighted by molar-refractivity contribution is 7.98. The number of ether oxygens (including phenoxy) is 1. The maximum atomic E-state index is 15.2. The molecular formula is C78H128N16O18S2. The van der Waals surface area contributed by atoms with Crippen molar-refractivity contribution < 1.29 is 87.5 Å². The number of rotatable bonds is 19. The van der Waals surface area contributed by atoms with Gasteiger partial charge in [0, 0.05) is 62.2 Å². The van der Waals surface area contributed by atoms with E-state index in [1.165, 1.54) is 37.4 Å². The van der Waals surface area contributed by atoms with Gasteiger partial charge in [-0.05, 0) is 176 Å². The molecule has 3 saturated heterocycles. The number of carboxylic acids is 1. The first-order valence-electron chi connectivity index (χ1n) is 40.8. The van der Waals surface area contributed by atoms with Crippen LogP contribution < -0.4 is 85.5 Å². The molecule has 4 heterocycles. The first-order chi connectivity index (χ1) is 54.2. The third-order valence-electron chi connectivity index (χ3n) is 22.5. The Bertz CT molecular complexity index is 3390. The van der Waals surface area contributed by atoms with Crippen LogP contribution in [-0.4, -0.2) is 245 Å². The SMILES string of the molecule is CCC[C@@H]1NC(=O)[C@H](CC2CNC3NCCCC23)NC(=O)[C@H]([C@@H](C)O)NC(=O)[C@H](CC2CNCN2)NC(=O)[C@H](CC2CCC(OC)CC2)NC(=O)[C@H](C(C)(C)C)NC(=O)CCSCc2cccc(c2)CSC[C@@H](C(N)=O)NC(=O)[C@H]([C@@H](C)O)NC(=O)[C@H](CCC)NC(=O)[C@H](CC2CCC(O)CC2)NC(=O)[C@H](CCC(=O)O)NC1=O. The van der Waals surface area contributed by atoms with E-state index in [9.17, 15) is 63.6 Å². The van der Waals surface area contributed by atoms with E-state index in [-0.39, 0.29) is 93.1 Å². The Kier molecular flexibility index (Phi) is 38.4. The van der Waals surface area contributed by atoms with Gasteiger partial charge in [-0.2, -0.15) is 23.5 Å². The predicted molar refractivity (Wildman–Crippen MR) is 428 cm³/mol. The van der Waals surface area contributed by atoms with Crippen LogP contribution in [0, 0.1) is 29.1 Å². The van der Waals surface area contributed by atoms with E-state index in [0.717, 1.165) is 30.5 Å². The van der Waals surface area contributed by atoms with E-state index in [1.54, 1.807) is 41.7 Å². The van der Waals surface area contributed by atoms with Gasteiger partial charge in [-0.1, -0.05) is 71.7 Å². The number of hydrogen-bond acceptors (Lipinski definition) is 23. The summed E-state index contributed by atoms with van der Waals surface area (Å²) >= 11 is 2.75. The van der Waals surface area contributed by atoms with E-state index in [4.69, 9.17) is 10.5 Å². The zero-order valence-electron chi connectivity index (χ0n) is 67.3. The molecule has 21 N–H and O–H groups in total. The van der Waals surface area contributed by atoms with Crippen LogP contribution in [0.25, 0.3) is 0 Å². The smallest absolute Gasteiger partial charge is 0.303 e. The van der Waals surface area contributed by atoms with Gasteiger partial charge >= 0.3 is 5.97 Å². The Hall–Kier alpha value is -7.29. The lowest BCUT2D eigenvalue weighted by atomic mass is 9.82. The van der Waals surface area contributed by atoms with E-state index in [0.29, 0.717) is 94.8 Å². The molecule has 36 heteroatoms. The Morgan fingerprint density at radius 2 is 1.04 bits per heavy atom. The third kappa shape index (κ3) is 30.0. The van der Waals surface area contributed by atoms with E-state index in [2.05, 4.69) is 79.8 Å². The molecule has 0 spiro atoms. The second kappa shape index (κ2) is 46.6. The fourth-order valence-corrected chi connectivity index (χ4v) is 17.8. The number of aliphatic hydroxyl groups is 3. The second-order valence-electron chi connectivity index (χ2n) is 32.8. The topological polar surface area (TPSA) is 519 Å². The number of methoxy groups -OCH3 is 1. The number of thioether (sulfide) groups is 2. The molecule has 4 aliphatic heterocycles. The van der Waals surface area contributed by atoms with Crippen molar-refractivity contribution in [3.8, 4) is 0 Å². The minimum Gasteiger partial charge on any atom is -0.481 e. The first kappa shape index (κ1) is 93.9. The van der Waals surface area contributed by atoms with Crippen molar-refractivity contribution in [2.24, 2.45) is 34.8 Å². The van der Waals surface area contributed by atoms with Crippen LogP contribution in [0.4, 0.5) is 0 Å². The summed E-state index contributed by atoms with van der Waals surface area (Å²) in [7, 11) is 1.64. The lowest BCUT2D eigenvalue weighted by Crippen LogP contribution is -2.63. The van der Waals surface area contributed by atoms with Crippen LogP contribution in [0.15, 0.2) is 24.3 Å². The number of amides is 12. The molecule has 1 aromatic rings. The molecule has 5 fully saturated rings. The molecular weight excluding hydrogens is 1510 g/mol. The quantitative estimate of drug-likeness (QED) is 0.0792. The number of fused-ring (bicyclic) bond motifs is 3. The number of piperidine rings is 1. The molecule has 2 saturated carbocycles. The van der Waals surface area contributed by atoms with Crippen molar-refractivity contribution in [3.63, 3.8) is 0 Å². The van der Waals surface area contributed by atoms with Gasteiger partial charge < -0.3 is 111 Å². The number of benzene rings is 1. The maximum Gasteiger partial charge on any atom is 0.303 e. The molecule has 4 unspecified atom stereocenters. The van der Waals surface area contributed by atoms with E-state index < -0.39 is 186 Å². The number of nitrogens with two attached hydrogens (primary N) is 1. The zero-order valence-corrected chi connectivity index (χ0v) is 69.0. The van der Waals surface area contributed by atoms with Crippen molar-refractivity contribution in [2.45, 2.75) is 298 Å². The average molecular weight is 1640 g/mol. The molecule has 0 radical (unpaired) electrons. The number of aliphatic carboxylic acids is 1. The number of carbonyl (C=O) groups is 13. The van der Waals surface area contributed by atoms with Crippen LogP contribution in [-0.2, 0) is 78.6 Å². The summed E-state index contributed by atoms with van der Waals surface area (Å²) in [5, 5.41) is 86.5. The predicted octanol–water partition coefficient (Wildman–Crippen LogP) is -0.972. The molecule has 114 heavy (non-hydrogen) atoms. The summed E-state index contributed by atoms with van der Waals surface area (Å²) in [6.07, 6.45) is 1.37. The summed E-state index contributed by atoms with van der Waals surface area (Å²) < 4.78 is 5.66. The van der Waals surface area contributed by atoms with Crippen LogP contribution >= 0.6 is 23.5 Å². The highest BCUT2D eigenvalue weighted by Gasteiger charge is 2.44. The van der Waals surface area contributed by atoms with Crippen LogP contribution in [0.3, 0.4) is 0 Å². The normalized spacial score (nSPS) is 32.3. The fourth-order valence-electron chi connectivity index (χ4n) is 15.9. The molecule has 17 atom stereocenters. The molecule has 7 rings (SSSR count). The Labute approximate surface area is 677 Å². The molecule has 6 aliphatic rings. The van der Waals surface area contributed by atoms with E-state index >= 15 is 19.2 Å². The van der Waals surface area contributed by atoms with Crippen molar-refractivity contribution >= 4 is 100 Å². The number of hydrogen-bond donors (Lipinski definition) is 20. The number of carbonyl (C=O) groups excluding carboxylic acids is 12. The lowest BCUT2D eigenvalue weighted by molar-refractivity contribution is -0.139. The summed E-state index contributed by atoms with van der Waals surface area (Å²) in [5.74, 6) is -10.9. The van der Waals surface area contributed by atoms with E-state index in [1.807, 2.05) is 24.3 Å². The summed E-state index contributed by atoms with van der Waals surface area (Å²) in [5.41, 5.74) is 6.71. The number of carboxylic acid groups (broad SMARTS) is 1. The van der Waals surface area contributed by atoms with Gasteiger partial charge in [0.1, 0.15) is 66.5 Å². The number of nitrogens with one attached hydrogen (secondary N) is 15. The van der Waals surface area contributed by atoms with Crippen molar-refractivity contribution in [3.05, 3.63) is 35.4 Å². The zero-order chi connectivity index (χ0) is 83.3. The Morgan fingerprint density at radius 3 is 1.56 bits per heavy atom. The summed E-state index contributed by atoms with van der Waals surface area (Å²) in [6, 6.07) is -8.74. The van der Waals surface area contributed by atoms with Crippen LogP contribution in [0.5, 0.6) is 0 Å². The molecule has 1 aromatic carbocycles. The molecule has 34 nitrogen and oxygen atoms in total. The number of primary amides is 1. The molecule has 640 valence electrons. The van der Waals surface area contributed by atoms with Crippen molar-refractivity contribution in [1.29, 1.82) is 0 Å². The van der Waals surface area contributed by atoms with Gasteiger partial charge in [0.25, 0.3) is 0 Å². The molecule has 2 aliphatic carbocycles. The minimum absolute atomic E-state index is 0.000398. The molecule has 2 bridgehead atoms. The standard InChI is InChI=1S/C78H128N16O18S2/c1-9-13-53-68(102)86-55(26-27-62(99)100)69(103)87-56(32-44-18-22-50(97)23-19-44)71(105)85-54(14-10-2)70(104)93-64(43(4)96)76(110)91-60(66(79)101)40-114-39-47-16-11-15-46(31-47)38-113-30-28-61(98)92-65(78(5,6)7)77(111)90-57(33-45-20-24-51(112-8)25-21-45)72(106)88-59(35-49-37-80-41-83-49)74(108)94-63(42(3)95)75(109)89-58(73(107)84-53)34-48-36-82-67-52(48)17-12-29-81-67/h11,15-16,31,42-45,48-60,63-65,67,80-83,95-97H,9-10,12-14,17-30,32-41H2,1-8H3,(H2,79,101)(H,84,107)(H,85,105)(H,86,102)(H,87,103)(H,88,106)(H,89,109)(H,90,111)(H,91,110)(H,92,98)(H,93,104)(H,94,108)(H,99,100)/t42-,43-,44?,45?,48?,49?,50?,51?,52?,53+,54+,55+,56+,57+,58+,59+,60+,63+,64+,65-,67?/m1/s1. The second-order valence-corrected chi connectivity index (χ2v) is 34.9. The first-order valence-corrected chi connectivity index (χ1v) is 43.1. The Morgan fingerprint density at radius 1 is 0.561 bits per heavy atom. The van der Waals surface area contributed by atoms with Crippen LogP contribution in [0.2, 0.25) is 0 Å². The van der Waals surface area contributed by atoms with Gasteiger partial charge in [-0.25, -0.2) is 0 Å². The fraction of sp³-hybridized carbons (Fsp3) is 0.756. The van der Waals surface area contributed by atoms with Crippen molar-refractivity contribution in [1.82, 2.24) is 79.8 Å². The van der Waals surface area contributed by atoms with Gasteiger partial charge in [-0.3, -0.25) is 62.3 Å². The average Bonchev–Trinajstić information content (AvgIpc) is 1.74. The third-order valence-corrected chi connectivity index (χ3v) is 24.6. The highest BCUT2D eigenvalue weighted by atomic mass is 32.2. The number of aliphatic hydroxyl groups excluding tert-OH is 3. The summed E-state index contributed by atoms with van der Waals surface area (Å²) in [4.78, 5) is 187. The maximum absolute atomic E-state index is 15.2. The van der Waals surface area contributed by atoms with Crippen molar-refractivity contribution in [2.75, 3.05) is 44.9 Å². The Balaban J connectivity index is 1.23. The van der Waals surface area contributed by atoms with Gasteiger partial charge in [0.2, 0.25) is 70.9 Å². The lowest BCUT2D eigenvalue weighted by Gasteiger charge is -2.34. The van der Waals surface area contributed by atoms with Gasteiger partial charge in [0.15, 0.2) is 0 Å². The van der Waals surface area contributed by atoms with Gasteiger partial charge in [0.05, 0.1) is 30.6 Å².